The van der Waals surface area contributed by atoms with Gasteiger partial charge < -0.3 is 15.1 Å². The van der Waals surface area contributed by atoms with E-state index in [1.54, 1.807) is 6.20 Å². The highest BCUT2D eigenvalue weighted by atomic mass is 16.2. The first-order valence-electron chi connectivity index (χ1n) is 12.0. The lowest BCUT2D eigenvalue weighted by molar-refractivity contribution is -0.130. The molecule has 0 saturated carbocycles. The molecule has 4 rings (SSSR count). The van der Waals surface area contributed by atoms with Crippen molar-refractivity contribution < 1.29 is 9.59 Å². The first-order valence-corrected chi connectivity index (χ1v) is 12.0. The molecule has 2 amide bonds. The molecular weight excluding hydrogens is 424 g/mol. The van der Waals surface area contributed by atoms with Gasteiger partial charge in [-0.05, 0) is 36.1 Å². The summed E-state index contributed by atoms with van der Waals surface area (Å²) < 4.78 is 0. The smallest absolute Gasteiger partial charge is 0.231 e. The Labute approximate surface area is 201 Å². The van der Waals surface area contributed by atoms with E-state index in [0.717, 1.165) is 49.4 Å². The summed E-state index contributed by atoms with van der Waals surface area (Å²) in [7, 11) is 0. The molecule has 0 spiro atoms. The second kappa shape index (κ2) is 11.5. The van der Waals surface area contributed by atoms with Crippen LogP contribution in [0.3, 0.4) is 0 Å². The normalized spacial score (nSPS) is 14.9. The van der Waals surface area contributed by atoms with E-state index in [1.807, 2.05) is 84.6 Å². The van der Waals surface area contributed by atoms with Crippen molar-refractivity contribution >= 4 is 23.3 Å². The van der Waals surface area contributed by atoms with Crippen LogP contribution in [-0.4, -0.2) is 47.9 Å². The van der Waals surface area contributed by atoms with Gasteiger partial charge in [0.25, 0.3) is 0 Å². The Morgan fingerprint density at radius 2 is 1.65 bits per heavy atom. The van der Waals surface area contributed by atoms with E-state index in [9.17, 15) is 9.59 Å². The van der Waals surface area contributed by atoms with Crippen LogP contribution in [0.25, 0.3) is 0 Å². The Balaban J connectivity index is 1.33. The maximum atomic E-state index is 12.8. The fourth-order valence-electron chi connectivity index (χ4n) is 4.41. The molecule has 34 heavy (non-hydrogen) atoms. The molecule has 1 N–H and O–H groups in total. The van der Waals surface area contributed by atoms with Gasteiger partial charge in [0.05, 0.1) is 24.2 Å². The summed E-state index contributed by atoms with van der Waals surface area (Å²) in [4.78, 5) is 34.3. The highest BCUT2D eigenvalue weighted by Gasteiger charge is 2.21. The van der Waals surface area contributed by atoms with Crippen LogP contribution in [0.1, 0.15) is 36.8 Å². The van der Waals surface area contributed by atoms with E-state index in [2.05, 4.69) is 15.2 Å². The van der Waals surface area contributed by atoms with Crippen LogP contribution in [0.5, 0.6) is 0 Å². The number of anilines is 2. The number of hydrogen-bond donors (Lipinski definition) is 1. The van der Waals surface area contributed by atoms with Gasteiger partial charge in [-0.3, -0.25) is 9.59 Å². The van der Waals surface area contributed by atoms with E-state index in [1.165, 1.54) is 0 Å². The number of amides is 2. The van der Waals surface area contributed by atoms with Crippen molar-refractivity contribution in [3.8, 4) is 0 Å². The first-order chi connectivity index (χ1) is 16.6. The molecule has 2 heterocycles. The first kappa shape index (κ1) is 23.5. The van der Waals surface area contributed by atoms with Gasteiger partial charge >= 0.3 is 0 Å². The maximum absolute atomic E-state index is 12.8. The van der Waals surface area contributed by atoms with Gasteiger partial charge in [-0.15, -0.1) is 0 Å². The van der Waals surface area contributed by atoms with Gasteiger partial charge in [0, 0.05) is 26.2 Å². The highest BCUT2D eigenvalue weighted by Crippen LogP contribution is 2.22. The maximum Gasteiger partial charge on any atom is 0.231 e. The molecule has 6 nitrogen and oxygen atoms in total. The zero-order chi connectivity index (χ0) is 23.8. The third-order valence-corrected chi connectivity index (χ3v) is 6.31. The number of nitrogens with zero attached hydrogens (tertiary/aromatic N) is 3. The fourth-order valence-corrected chi connectivity index (χ4v) is 4.41. The van der Waals surface area contributed by atoms with Crippen molar-refractivity contribution in [2.24, 2.45) is 0 Å². The summed E-state index contributed by atoms with van der Waals surface area (Å²) in [5.41, 5.74) is 2.76. The molecule has 0 radical (unpaired) electrons. The molecule has 3 aromatic rings. The zero-order valence-corrected chi connectivity index (χ0v) is 19.7. The molecule has 1 saturated heterocycles. The average molecular weight is 457 g/mol. The summed E-state index contributed by atoms with van der Waals surface area (Å²) in [5, 5.41) is 3.01. The van der Waals surface area contributed by atoms with E-state index < -0.39 is 0 Å². The van der Waals surface area contributed by atoms with Gasteiger partial charge in [-0.25, -0.2) is 4.98 Å². The summed E-state index contributed by atoms with van der Waals surface area (Å²) in [5.74, 6) is 0.824. The Morgan fingerprint density at radius 1 is 0.912 bits per heavy atom. The van der Waals surface area contributed by atoms with Gasteiger partial charge in [0.15, 0.2) is 0 Å². The van der Waals surface area contributed by atoms with E-state index in [0.29, 0.717) is 18.7 Å². The summed E-state index contributed by atoms with van der Waals surface area (Å²) in [6, 6.07) is 23.6. The van der Waals surface area contributed by atoms with Crippen molar-refractivity contribution in [1.82, 2.24) is 9.88 Å². The third kappa shape index (κ3) is 6.01. The molecule has 1 fully saturated rings. The number of benzene rings is 2. The minimum Gasteiger partial charge on any atom is -0.355 e. The SMILES string of the molecule is CC[C@H](C(=O)Nc1ccc(N2CCCN(C(=O)Cc3ccccc3)CC2)nc1)c1ccccc1. The quantitative estimate of drug-likeness (QED) is 0.569. The second-order valence-corrected chi connectivity index (χ2v) is 8.65. The van der Waals surface area contributed by atoms with Crippen molar-refractivity contribution in [2.75, 3.05) is 36.4 Å². The molecule has 1 aliphatic rings. The Morgan fingerprint density at radius 3 is 2.32 bits per heavy atom. The topological polar surface area (TPSA) is 65.5 Å². The van der Waals surface area contributed by atoms with Crippen LogP contribution in [0, 0.1) is 0 Å². The largest absolute Gasteiger partial charge is 0.355 e. The van der Waals surface area contributed by atoms with Crippen LogP contribution in [0.2, 0.25) is 0 Å². The average Bonchev–Trinajstić information content (AvgIpc) is 3.13. The molecule has 2 aromatic carbocycles. The molecule has 0 unspecified atom stereocenters. The standard InChI is InChI=1S/C28H32N4O2/c1-2-25(23-12-7-4-8-13-23)28(34)30-24-14-15-26(29-21-24)31-16-9-17-32(19-18-31)27(33)20-22-10-5-3-6-11-22/h3-8,10-15,21,25H,2,9,16-20H2,1H3,(H,30,34)/t25-/m0/s1. The monoisotopic (exact) mass is 456 g/mol. The molecule has 1 aromatic heterocycles. The molecule has 0 bridgehead atoms. The molecule has 1 aliphatic heterocycles. The number of carbonyl (C=O) groups is 2. The number of nitrogens with one attached hydrogen (secondary N) is 1. The minimum atomic E-state index is -0.189. The van der Waals surface area contributed by atoms with Gasteiger partial charge in [-0.1, -0.05) is 67.6 Å². The predicted molar refractivity (Wildman–Crippen MR) is 136 cm³/mol. The Hall–Kier alpha value is -3.67. The molecule has 6 heteroatoms. The Bertz CT molecular complexity index is 1070. The number of rotatable bonds is 7. The lowest BCUT2D eigenvalue weighted by atomic mass is 9.95. The van der Waals surface area contributed by atoms with Gasteiger partial charge in [0.2, 0.25) is 11.8 Å². The minimum absolute atomic E-state index is 0.0226. The van der Waals surface area contributed by atoms with Crippen LogP contribution >= 0.6 is 0 Å². The van der Waals surface area contributed by atoms with Crippen molar-refractivity contribution in [3.63, 3.8) is 0 Å². The highest BCUT2D eigenvalue weighted by molar-refractivity contribution is 5.95. The zero-order valence-electron chi connectivity index (χ0n) is 19.7. The third-order valence-electron chi connectivity index (χ3n) is 6.31. The molecule has 176 valence electrons. The summed E-state index contributed by atoms with van der Waals surface area (Å²) in [6.45, 7) is 5.05. The van der Waals surface area contributed by atoms with Crippen molar-refractivity contribution in [3.05, 3.63) is 90.1 Å². The van der Waals surface area contributed by atoms with E-state index >= 15 is 0 Å². The lowest BCUT2D eigenvalue weighted by Gasteiger charge is -2.23. The van der Waals surface area contributed by atoms with Crippen LogP contribution in [0.4, 0.5) is 11.5 Å². The van der Waals surface area contributed by atoms with Crippen molar-refractivity contribution in [1.29, 1.82) is 0 Å². The summed E-state index contributed by atoms with van der Waals surface area (Å²) >= 11 is 0. The molecule has 1 atom stereocenters. The Kier molecular flexibility index (Phi) is 7.91. The second-order valence-electron chi connectivity index (χ2n) is 8.65. The fraction of sp³-hybridized carbons (Fsp3) is 0.321. The van der Waals surface area contributed by atoms with E-state index in [4.69, 9.17) is 0 Å². The number of hydrogen-bond acceptors (Lipinski definition) is 4. The van der Waals surface area contributed by atoms with Crippen LogP contribution < -0.4 is 10.2 Å². The number of aromatic nitrogens is 1. The predicted octanol–water partition coefficient (Wildman–Crippen LogP) is 4.50. The van der Waals surface area contributed by atoms with Gasteiger partial charge in [0.1, 0.15) is 5.82 Å². The van der Waals surface area contributed by atoms with E-state index in [-0.39, 0.29) is 17.7 Å². The lowest BCUT2D eigenvalue weighted by Crippen LogP contribution is -2.36. The molecule has 0 aliphatic carbocycles. The van der Waals surface area contributed by atoms with Crippen LogP contribution in [-0.2, 0) is 16.0 Å². The van der Waals surface area contributed by atoms with Gasteiger partial charge in [-0.2, -0.15) is 0 Å². The summed E-state index contributed by atoms with van der Waals surface area (Å²) in [6.07, 6.45) is 3.79. The van der Waals surface area contributed by atoms with Crippen LogP contribution in [0.15, 0.2) is 79.0 Å². The van der Waals surface area contributed by atoms with Crippen molar-refractivity contribution in [2.45, 2.75) is 32.1 Å². The molecular formula is C28H32N4O2. The number of pyridine rings is 1. The number of carbonyl (C=O) groups excluding carboxylic acids is 2.